The second-order valence-electron chi connectivity index (χ2n) is 6.05. The number of nitrogens with two attached hydrogens (primary N) is 2. The third-order valence-corrected chi connectivity index (χ3v) is 4.18. The van der Waals surface area contributed by atoms with E-state index in [1.165, 1.54) is 13.0 Å². The maximum Gasteiger partial charge on any atom is 0.321 e. The standard InChI is InChI=1S/C19H22N4O.C2H2O.CH5N/c1-5-14-11-16(13(3)10-17(14)20)18-21-22-19(24-4)23(18)15-8-6-7-12(2)9-15;1-2-3;1-2/h6-11H,5,20H2,1-4H3;1H2;2H2,1H3. The van der Waals surface area contributed by atoms with Gasteiger partial charge in [-0.1, -0.05) is 24.2 Å². The van der Waals surface area contributed by atoms with Gasteiger partial charge in [0.15, 0.2) is 5.82 Å². The minimum atomic E-state index is 0.463. The van der Waals surface area contributed by atoms with E-state index in [1.807, 2.05) is 29.7 Å². The smallest absolute Gasteiger partial charge is 0.321 e. The second-order valence-corrected chi connectivity index (χ2v) is 6.05. The molecule has 0 atom stereocenters. The number of benzene rings is 2. The highest BCUT2D eigenvalue weighted by Gasteiger charge is 2.18. The highest BCUT2D eigenvalue weighted by molar-refractivity contribution is 5.69. The number of rotatable bonds is 4. The number of nitrogens with zero attached hydrogens (tertiary/aromatic N) is 3. The topological polar surface area (TPSA) is 109 Å². The molecule has 0 unspecified atom stereocenters. The van der Waals surface area contributed by atoms with Crippen molar-refractivity contribution in [1.82, 2.24) is 14.8 Å². The minimum Gasteiger partial charge on any atom is -0.467 e. The van der Waals surface area contributed by atoms with Crippen LogP contribution in [0.2, 0.25) is 0 Å². The lowest BCUT2D eigenvalue weighted by molar-refractivity contribution is 0.372. The van der Waals surface area contributed by atoms with Gasteiger partial charge in [-0.05, 0) is 74.9 Å². The Morgan fingerprint density at radius 3 is 2.38 bits per heavy atom. The van der Waals surface area contributed by atoms with E-state index in [4.69, 9.17) is 15.3 Å². The van der Waals surface area contributed by atoms with Gasteiger partial charge in [0, 0.05) is 11.3 Å². The quantitative estimate of drug-likeness (QED) is 0.518. The van der Waals surface area contributed by atoms with Gasteiger partial charge < -0.3 is 16.2 Å². The third-order valence-electron chi connectivity index (χ3n) is 4.18. The second kappa shape index (κ2) is 11.4. The van der Waals surface area contributed by atoms with Crippen LogP contribution in [0.3, 0.4) is 0 Å². The molecule has 0 aliphatic carbocycles. The molecule has 1 heterocycles. The number of hydrogen-bond acceptors (Lipinski definition) is 6. The van der Waals surface area contributed by atoms with Crippen molar-refractivity contribution >= 4 is 11.6 Å². The summed E-state index contributed by atoms with van der Waals surface area (Å²) in [4.78, 5) is 8.57. The van der Waals surface area contributed by atoms with E-state index in [2.05, 4.69) is 54.6 Å². The Morgan fingerprint density at radius 1 is 1.17 bits per heavy atom. The van der Waals surface area contributed by atoms with E-state index in [0.717, 1.165) is 45.9 Å². The summed E-state index contributed by atoms with van der Waals surface area (Å²) < 4.78 is 7.36. The molecular weight excluding hydrogens is 366 g/mol. The highest BCUT2D eigenvalue weighted by atomic mass is 16.5. The van der Waals surface area contributed by atoms with Gasteiger partial charge in [0.05, 0.1) is 12.8 Å². The van der Waals surface area contributed by atoms with Crippen LogP contribution in [-0.2, 0) is 11.2 Å². The van der Waals surface area contributed by atoms with Crippen molar-refractivity contribution in [2.24, 2.45) is 5.73 Å². The summed E-state index contributed by atoms with van der Waals surface area (Å²) in [5.41, 5.74) is 16.7. The lowest BCUT2D eigenvalue weighted by Crippen LogP contribution is -2.03. The molecule has 0 radical (unpaired) electrons. The maximum absolute atomic E-state index is 8.57. The molecule has 0 bridgehead atoms. The molecule has 4 N–H and O–H groups in total. The van der Waals surface area contributed by atoms with Gasteiger partial charge in [0.2, 0.25) is 0 Å². The Hall–Kier alpha value is -3.41. The molecule has 0 amide bonds. The summed E-state index contributed by atoms with van der Waals surface area (Å²) in [6.45, 7) is 8.87. The summed E-state index contributed by atoms with van der Waals surface area (Å²) in [7, 11) is 3.10. The number of anilines is 1. The normalized spacial score (nSPS) is 9.45. The van der Waals surface area contributed by atoms with Crippen LogP contribution < -0.4 is 16.2 Å². The largest absolute Gasteiger partial charge is 0.467 e. The molecule has 29 heavy (non-hydrogen) atoms. The Kier molecular flexibility index (Phi) is 9.32. The van der Waals surface area contributed by atoms with E-state index in [0.29, 0.717) is 6.01 Å². The van der Waals surface area contributed by atoms with Gasteiger partial charge in [-0.3, -0.25) is 0 Å². The fraction of sp³-hybridized carbons (Fsp3) is 0.273. The van der Waals surface area contributed by atoms with E-state index >= 15 is 0 Å². The van der Waals surface area contributed by atoms with E-state index in [1.54, 1.807) is 7.11 Å². The van der Waals surface area contributed by atoms with Crippen LogP contribution in [-0.4, -0.2) is 34.9 Å². The first-order valence-electron chi connectivity index (χ1n) is 9.14. The molecule has 7 nitrogen and oxygen atoms in total. The minimum absolute atomic E-state index is 0.463. The molecule has 0 saturated heterocycles. The van der Waals surface area contributed by atoms with Crippen molar-refractivity contribution < 1.29 is 9.53 Å². The first-order valence-corrected chi connectivity index (χ1v) is 9.14. The van der Waals surface area contributed by atoms with Crippen LogP contribution in [0.1, 0.15) is 23.6 Å². The van der Waals surface area contributed by atoms with Crippen LogP contribution in [0.25, 0.3) is 17.1 Å². The highest BCUT2D eigenvalue weighted by Crippen LogP contribution is 2.31. The van der Waals surface area contributed by atoms with Gasteiger partial charge >= 0.3 is 6.01 Å². The molecular formula is C22H29N5O2. The predicted molar refractivity (Wildman–Crippen MR) is 118 cm³/mol. The number of aromatic nitrogens is 3. The van der Waals surface area contributed by atoms with Crippen LogP contribution in [0.4, 0.5) is 5.69 Å². The molecule has 7 heteroatoms. The Balaban J connectivity index is 0.000000771. The Bertz CT molecular complexity index is 973. The number of carbonyl (C=O) groups excluding carboxylic acids is 1. The molecule has 0 fully saturated rings. The average Bonchev–Trinajstić information content (AvgIpc) is 3.14. The van der Waals surface area contributed by atoms with E-state index in [-0.39, 0.29) is 0 Å². The van der Waals surface area contributed by atoms with Crippen LogP contribution >= 0.6 is 0 Å². The first-order chi connectivity index (χ1) is 14.0. The number of nitrogen functional groups attached to an aromatic ring is 1. The van der Waals surface area contributed by atoms with Gasteiger partial charge in [-0.15, -0.1) is 5.10 Å². The Labute approximate surface area is 172 Å². The first kappa shape index (κ1) is 23.6. The van der Waals surface area contributed by atoms with Gasteiger partial charge in [0.25, 0.3) is 0 Å². The Morgan fingerprint density at radius 2 is 1.83 bits per heavy atom. The fourth-order valence-electron chi connectivity index (χ4n) is 2.90. The van der Waals surface area contributed by atoms with Crippen LogP contribution in [0.5, 0.6) is 6.01 Å². The number of aryl methyl sites for hydroxylation is 3. The summed E-state index contributed by atoms with van der Waals surface area (Å²) in [6.07, 6.45) is 0.870. The third kappa shape index (κ3) is 5.54. The van der Waals surface area contributed by atoms with Crippen LogP contribution in [0.15, 0.2) is 43.0 Å². The van der Waals surface area contributed by atoms with Gasteiger partial charge in [-0.2, -0.15) is 0 Å². The lowest BCUT2D eigenvalue weighted by atomic mass is 10.0. The fourth-order valence-corrected chi connectivity index (χ4v) is 2.90. The van der Waals surface area contributed by atoms with Crippen molar-refractivity contribution in [3.05, 3.63) is 59.7 Å². The average molecular weight is 396 g/mol. The number of ether oxygens (including phenoxy) is 1. The van der Waals surface area contributed by atoms with Gasteiger partial charge in [-0.25, -0.2) is 9.36 Å². The molecule has 0 aliphatic rings. The van der Waals surface area contributed by atoms with Crippen molar-refractivity contribution in [2.75, 3.05) is 19.9 Å². The van der Waals surface area contributed by atoms with E-state index < -0.39 is 0 Å². The summed E-state index contributed by atoms with van der Waals surface area (Å²) in [5, 5.41) is 8.57. The summed E-state index contributed by atoms with van der Waals surface area (Å²) >= 11 is 0. The SMILES string of the molecule is C=C=O.CCc1cc(-c2nnc(OC)n2-c2cccc(C)c2)c(C)cc1N.CN. The zero-order valence-corrected chi connectivity index (χ0v) is 17.7. The molecule has 0 aliphatic heterocycles. The number of methoxy groups -OCH3 is 1. The lowest BCUT2D eigenvalue weighted by Gasteiger charge is -2.13. The maximum atomic E-state index is 8.57. The van der Waals surface area contributed by atoms with Gasteiger partial charge in [0.1, 0.15) is 5.94 Å². The van der Waals surface area contributed by atoms with Crippen molar-refractivity contribution in [1.29, 1.82) is 0 Å². The predicted octanol–water partition coefficient (Wildman–Crippen LogP) is 3.28. The van der Waals surface area contributed by atoms with Crippen molar-refractivity contribution in [3.8, 4) is 23.1 Å². The summed E-state index contributed by atoms with van der Waals surface area (Å²) in [5.74, 6) is 2.00. The molecule has 3 aromatic rings. The zero-order chi connectivity index (χ0) is 22.0. The van der Waals surface area contributed by atoms with Crippen LogP contribution in [0, 0.1) is 13.8 Å². The molecule has 154 valence electrons. The monoisotopic (exact) mass is 395 g/mol. The van der Waals surface area contributed by atoms with Crippen molar-refractivity contribution in [2.45, 2.75) is 27.2 Å². The molecule has 0 spiro atoms. The number of hydrogen-bond donors (Lipinski definition) is 2. The van der Waals surface area contributed by atoms with Crippen molar-refractivity contribution in [3.63, 3.8) is 0 Å². The van der Waals surface area contributed by atoms with E-state index in [9.17, 15) is 0 Å². The zero-order valence-electron chi connectivity index (χ0n) is 17.7. The molecule has 1 aromatic heterocycles. The molecule has 0 saturated carbocycles. The molecule has 2 aromatic carbocycles. The summed E-state index contributed by atoms with van der Waals surface area (Å²) in [6, 6.07) is 12.7. The molecule has 3 rings (SSSR count).